The average molecular weight is 259 g/mol. The molecule has 1 aromatic carbocycles. The first kappa shape index (κ1) is 14.0. The van der Waals surface area contributed by atoms with Gasteiger partial charge >= 0.3 is 0 Å². The van der Waals surface area contributed by atoms with E-state index in [9.17, 15) is 5.11 Å². The highest BCUT2D eigenvalue weighted by molar-refractivity contribution is 5.85. The summed E-state index contributed by atoms with van der Waals surface area (Å²) in [5, 5.41) is 12.8. The first-order valence-electron chi connectivity index (χ1n) is 6.77. The number of aromatic nitrogens is 1. The standard InChI is InChI=1S/C16H21NO2/c1-4-16(3,19-5-2)15(18)14-11-17-10-12-8-6-7-9-13(12)14/h6-11,15,18H,4-5H2,1-3H3. The van der Waals surface area contributed by atoms with Crippen molar-refractivity contribution in [3.63, 3.8) is 0 Å². The van der Waals surface area contributed by atoms with Crippen LogP contribution in [0.15, 0.2) is 36.7 Å². The largest absolute Gasteiger partial charge is 0.385 e. The average Bonchev–Trinajstić information content (AvgIpc) is 2.46. The van der Waals surface area contributed by atoms with E-state index < -0.39 is 11.7 Å². The predicted octanol–water partition coefficient (Wildman–Crippen LogP) is 3.47. The molecule has 1 N–H and O–H groups in total. The minimum Gasteiger partial charge on any atom is -0.385 e. The summed E-state index contributed by atoms with van der Waals surface area (Å²) in [5.74, 6) is 0. The highest BCUT2D eigenvalue weighted by Crippen LogP contribution is 2.35. The molecule has 0 spiro atoms. The van der Waals surface area contributed by atoms with Gasteiger partial charge in [0.25, 0.3) is 0 Å². The molecule has 2 aromatic rings. The molecule has 3 nitrogen and oxygen atoms in total. The lowest BCUT2D eigenvalue weighted by atomic mass is 9.88. The van der Waals surface area contributed by atoms with E-state index in [1.165, 1.54) is 0 Å². The van der Waals surface area contributed by atoms with Gasteiger partial charge in [0.05, 0.1) is 5.60 Å². The summed E-state index contributed by atoms with van der Waals surface area (Å²) in [6, 6.07) is 7.96. The third kappa shape index (κ3) is 2.62. The Balaban J connectivity index is 2.49. The van der Waals surface area contributed by atoms with Gasteiger partial charge in [-0.15, -0.1) is 0 Å². The second kappa shape index (κ2) is 5.68. The van der Waals surface area contributed by atoms with Crippen LogP contribution in [-0.4, -0.2) is 22.3 Å². The Morgan fingerprint density at radius 1 is 1.26 bits per heavy atom. The molecule has 1 aromatic heterocycles. The van der Waals surface area contributed by atoms with Crippen LogP contribution in [0.2, 0.25) is 0 Å². The second-order valence-corrected chi connectivity index (χ2v) is 4.95. The van der Waals surface area contributed by atoms with E-state index in [-0.39, 0.29) is 0 Å². The SMILES string of the molecule is CCOC(C)(CC)C(O)c1cncc2ccccc12. The number of aliphatic hydroxyl groups excluding tert-OH is 1. The van der Waals surface area contributed by atoms with Gasteiger partial charge in [0.15, 0.2) is 0 Å². The van der Waals surface area contributed by atoms with Crippen molar-refractivity contribution in [3.8, 4) is 0 Å². The van der Waals surface area contributed by atoms with Crippen molar-refractivity contribution in [2.45, 2.75) is 38.9 Å². The van der Waals surface area contributed by atoms with Crippen molar-refractivity contribution in [2.75, 3.05) is 6.61 Å². The summed E-state index contributed by atoms with van der Waals surface area (Å²) in [6.45, 7) is 6.50. The summed E-state index contributed by atoms with van der Waals surface area (Å²) in [7, 11) is 0. The van der Waals surface area contributed by atoms with Crippen LogP contribution in [0.1, 0.15) is 38.9 Å². The van der Waals surface area contributed by atoms with E-state index in [1.807, 2.05) is 51.2 Å². The Bertz CT molecular complexity index is 550. The van der Waals surface area contributed by atoms with Crippen molar-refractivity contribution in [1.82, 2.24) is 4.98 Å². The Labute approximate surface area is 114 Å². The van der Waals surface area contributed by atoms with Crippen molar-refractivity contribution in [2.24, 2.45) is 0 Å². The minimum absolute atomic E-state index is 0.583. The van der Waals surface area contributed by atoms with Crippen LogP contribution in [0.5, 0.6) is 0 Å². The molecule has 2 unspecified atom stereocenters. The maximum absolute atomic E-state index is 10.7. The van der Waals surface area contributed by atoms with E-state index in [4.69, 9.17) is 4.74 Å². The molecule has 0 aliphatic heterocycles. The van der Waals surface area contributed by atoms with Gasteiger partial charge in [-0.2, -0.15) is 0 Å². The number of hydrogen-bond acceptors (Lipinski definition) is 3. The number of aliphatic hydroxyl groups is 1. The Kier molecular flexibility index (Phi) is 4.17. The van der Waals surface area contributed by atoms with Crippen LogP contribution in [0.3, 0.4) is 0 Å². The highest BCUT2D eigenvalue weighted by atomic mass is 16.5. The molecule has 2 atom stereocenters. The summed E-state index contributed by atoms with van der Waals surface area (Å²) >= 11 is 0. The quantitative estimate of drug-likeness (QED) is 0.894. The van der Waals surface area contributed by atoms with Gasteiger partial charge < -0.3 is 9.84 Å². The van der Waals surface area contributed by atoms with Gasteiger partial charge in [0, 0.05) is 30.0 Å². The molecule has 0 aliphatic carbocycles. The van der Waals surface area contributed by atoms with E-state index in [0.29, 0.717) is 6.61 Å². The molecule has 1 heterocycles. The summed E-state index contributed by atoms with van der Waals surface area (Å²) in [4.78, 5) is 4.23. The first-order chi connectivity index (χ1) is 9.12. The van der Waals surface area contributed by atoms with Gasteiger partial charge in [-0.3, -0.25) is 4.98 Å². The van der Waals surface area contributed by atoms with E-state index in [0.717, 1.165) is 22.8 Å². The summed E-state index contributed by atoms with van der Waals surface area (Å²) < 4.78 is 5.77. The third-order valence-corrected chi connectivity index (χ3v) is 3.75. The van der Waals surface area contributed by atoms with Crippen LogP contribution in [0.4, 0.5) is 0 Å². The number of rotatable bonds is 5. The van der Waals surface area contributed by atoms with Crippen molar-refractivity contribution in [3.05, 3.63) is 42.2 Å². The van der Waals surface area contributed by atoms with Crippen molar-refractivity contribution >= 4 is 10.8 Å². The molecule has 0 bridgehead atoms. The van der Waals surface area contributed by atoms with Gasteiger partial charge in [-0.05, 0) is 25.7 Å². The van der Waals surface area contributed by atoms with Crippen LogP contribution < -0.4 is 0 Å². The van der Waals surface area contributed by atoms with Crippen LogP contribution >= 0.6 is 0 Å². The normalized spacial score (nSPS) is 16.2. The summed E-state index contributed by atoms with van der Waals surface area (Å²) in [5.41, 5.74) is 0.247. The van der Waals surface area contributed by atoms with Crippen LogP contribution in [-0.2, 0) is 4.74 Å². The summed E-state index contributed by atoms with van der Waals surface area (Å²) in [6.07, 6.45) is 3.61. The van der Waals surface area contributed by atoms with Crippen molar-refractivity contribution < 1.29 is 9.84 Å². The predicted molar refractivity (Wildman–Crippen MR) is 77.0 cm³/mol. The zero-order valence-corrected chi connectivity index (χ0v) is 11.8. The van der Waals surface area contributed by atoms with Gasteiger partial charge in [0.2, 0.25) is 0 Å². The molecular weight excluding hydrogens is 238 g/mol. The smallest absolute Gasteiger partial charge is 0.110 e. The lowest BCUT2D eigenvalue weighted by Crippen LogP contribution is -2.35. The fourth-order valence-electron chi connectivity index (χ4n) is 2.39. The monoisotopic (exact) mass is 259 g/mol. The lowest BCUT2D eigenvalue weighted by Gasteiger charge is -2.34. The number of ether oxygens (including phenoxy) is 1. The molecule has 19 heavy (non-hydrogen) atoms. The van der Waals surface area contributed by atoms with Gasteiger partial charge in [-0.1, -0.05) is 31.2 Å². The Hall–Kier alpha value is -1.45. The molecule has 0 saturated heterocycles. The zero-order chi connectivity index (χ0) is 13.9. The highest BCUT2D eigenvalue weighted by Gasteiger charge is 2.34. The van der Waals surface area contributed by atoms with Crippen LogP contribution in [0, 0.1) is 0 Å². The van der Waals surface area contributed by atoms with E-state index >= 15 is 0 Å². The van der Waals surface area contributed by atoms with Gasteiger partial charge in [0.1, 0.15) is 6.10 Å². The fraction of sp³-hybridized carbons (Fsp3) is 0.438. The molecule has 102 valence electrons. The number of benzene rings is 1. The van der Waals surface area contributed by atoms with Gasteiger partial charge in [-0.25, -0.2) is 0 Å². The Morgan fingerprint density at radius 3 is 2.68 bits per heavy atom. The molecule has 2 rings (SSSR count). The topological polar surface area (TPSA) is 42.4 Å². The zero-order valence-electron chi connectivity index (χ0n) is 11.8. The van der Waals surface area contributed by atoms with Crippen LogP contribution in [0.25, 0.3) is 10.8 Å². The molecular formula is C16H21NO2. The van der Waals surface area contributed by atoms with Crippen molar-refractivity contribution in [1.29, 1.82) is 0 Å². The molecule has 3 heteroatoms. The van der Waals surface area contributed by atoms with E-state index in [1.54, 1.807) is 6.20 Å². The number of fused-ring (bicyclic) bond motifs is 1. The minimum atomic E-state index is -0.684. The third-order valence-electron chi connectivity index (χ3n) is 3.75. The maximum Gasteiger partial charge on any atom is 0.110 e. The molecule has 0 fully saturated rings. The Morgan fingerprint density at radius 2 is 2.00 bits per heavy atom. The number of pyridine rings is 1. The van der Waals surface area contributed by atoms with E-state index in [2.05, 4.69) is 4.98 Å². The number of nitrogens with zero attached hydrogens (tertiary/aromatic N) is 1. The number of hydrogen-bond donors (Lipinski definition) is 1. The molecule has 0 amide bonds. The molecule has 0 radical (unpaired) electrons. The molecule has 0 aliphatic rings. The lowest BCUT2D eigenvalue weighted by molar-refractivity contribution is -0.112. The maximum atomic E-state index is 10.7. The fourth-order valence-corrected chi connectivity index (χ4v) is 2.39. The second-order valence-electron chi connectivity index (χ2n) is 4.95. The molecule has 0 saturated carbocycles. The first-order valence-corrected chi connectivity index (χ1v) is 6.77.